The highest BCUT2D eigenvalue weighted by atomic mass is 35.5. The Hall–Kier alpha value is -2.53. The first-order valence-corrected chi connectivity index (χ1v) is 7.82. The normalized spacial score (nSPS) is 10.1. The maximum Gasteiger partial charge on any atom is 0.262 e. The zero-order chi connectivity index (χ0) is 17.5. The molecular weight excluding hydrogens is 330 g/mol. The fourth-order valence-corrected chi connectivity index (χ4v) is 2.31. The topological polar surface area (TPSA) is 64.6 Å². The molecule has 0 aliphatic rings. The Morgan fingerprint density at radius 2 is 1.96 bits per heavy atom. The van der Waals surface area contributed by atoms with E-state index in [0.29, 0.717) is 34.4 Å². The van der Waals surface area contributed by atoms with Crippen molar-refractivity contribution in [1.82, 2.24) is 0 Å². The predicted molar refractivity (Wildman–Crippen MR) is 93.3 cm³/mol. The number of hydrogen-bond donors (Lipinski definition) is 1. The number of aldehydes is 1. The summed E-state index contributed by atoms with van der Waals surface area (Å²) in [6.07, 6.45) is 0.725. The van der Waals surface area contributed by atoms with Crippen LogP contribution >= 0.6 is 11.6 Å². The SMILES string of the molecule is CCOc1cc(C=O)ccc1OCC(=O)Nc1ccc(Cl)cc1C. The Kier molecular flexibility index (Phi) is 6.21. The van der Waals surface area contributed by atoms with Crippen LogP contribution in [-0.4, -0.2) is 25.4 Å². The van der Waals surface area contributed by atoms with E-state index in [2.05, 4.69) is 5.32 Å². The lowest BCUT2D eigenvalue weighted by atomic mass is 10.2. The molecule has 5 nitrogen and oxygen atoms in total. The number of amides is 1. The van der Waals surface area contributed by atoms with E-state index in [1.165, 1.54) is 0 Å². The molecular formula is C18H18ClNO4. The molecule has 0 saturated heterocycles. The van der Waals surface area contributed by atoms with Gasteiger partial charge in [0, 0.05) is 16.3 Å². The summed E-state index contributed by atoms with van der Waals surface area (Å²) < 4.78 is 10.9. The monoisotopic (exact) mass is 347 g/mol. The minimum absolute atomic E-state index is 0.178. The van der Waals surface area contributed by atoms with Gasteiger partial charge in [0.05, 0.1) is 6.61 Å². The lowest BCUT2D eigenvalue weighted by molar-refractivity contribution is -0.118. The lowest BCUT2D eigenvalue weighted by Crippen LogP contribution is -2.20. The van der Waals surface area contributed by atoms with Crippen molar-refractivity contribution in [1.29, 1.82) is 0 Å². The molecule has 0 aliphatic heterocycles. The van der Waals surface area contributed by atoms with Crippen LogP contribution in [-0.2, 0) is 4.79 Å². The molecule has 6 heteroatoms. The molecule has 0 atom stereocenters. The maximum absolute atomic E-state index is 12.0. The average molecular weight is 348 g/mol. The van der Waals surface area contributed by atoms with Gasteiger partial charge in [-0.3, -0.25) is 9.59 Å². The van der Waals surface area contributed by atoms with E-state index in [9.17, 15) is 9.59 Å². The zero-order valence-corrected chi connectivity index (χ0v) is 14.2. The molecule has 0 aromatic heterocycles. The van der Waals surface area contributed by atoms with Crippen molar-refractivity contribution >= 4 is 29.5 Å². The standard InChI is InChI=1S/C18H18ClNO4/c1-3-23-17-9-13(10-21)4-7-16(17)24-11-18(22)20-15-6-5-14(19)8-12(15)2/h4-10H,3,11H2,1-2H3,(H,20,22). The van der Waals surface area contributed by atoms with Crippen LogP contribution in [0.25, 0.3) is 0 Å². The smallest absolute Gasteiger partial charge is 0.262 e. The molecule has 1 amide bonds. The third-order valence-electron chi connectivity index (χ3n) is 3.22. The van der Waals surface area contributed by atoms with Crippen molar-refractivity contribution in [2.45, 2.75) is 13.8 Å². The first-order chi connectivity index (χ1) is 11.5. The number of nitrogens with one attached hydrogen (secondary N) is 1. The predicted octanol–water partition coefficient (Wildman–Crippen LogP) is 3.88. The van der Waals surface area contributed by atoms with E-state index in [1.54, 1.807) is 36.4 Å². The highest BCUT2D eigenvalue weighted by molar-refractivity contribution is 6.30. The summed E-state index contributed by atoms with van der Waals surface area (Å²) in [5.74, 6) is 0.533. The summed E-state index contributed by atoms with van der Waals surface area (Å²) in [5.41, 5.74) is 2.02. The number of carbonyl (C=O) groups excluding carboxylic acids is 2. The number of benzene rings is 2. The van der Waals surface area contributed by atoms with Crippen LogP contribution in [0.15, 0.2) is 36.4 Å². The quantitative estimate of drug-likeness (QED) is 0.772. The molecule has 0 heterocycles. The Balaban J connectivity index is 2.02. The zero-order valence-electron chi connectivity index (χ0n) is 13.5. The highest BCUT2D eigenvalue weighted by Crippen LogP contribution is 2.28. The number of anilines is 1. The molecule has 2 aromatic rings. The van der Waals surface area contributed by atoms with Crippen molar-refractivity contribution in [2.24, 2.45) is 0 Å². The van der Waals surface area contributed by atoms with Crippen molar-refractivity contribution in [2.75, 3.05) is 18.5 Å². The third-order valence-corrected chi connectivity index (χ3v) is 3.46. The van der Waals surface area contributed by atoms with Crippen molar-refractivity contribution in [3.8, 4) is 11.5 Å². The first-order valence-electron chi connectivity index (χ1n) is 7.44. The van der Waals surface area contributed by atoms with Crippen molar-refractivity contribution in [3.05, 3.63) is 52.5 Å². The van der Waals surface area contributed by atoms with E-state index in [-0.39, 0.29) is 12.5 Å². The van der Waals surface area contributed by atoms with Gasteiger partial charge in [-0.05, 0) is 55.8 Å². The molecule has 1 N–H and O–H groups in total. The largest absolute Gasteiger partial charge is 0.490 e. The van der Waals surface area contributed by atoms with Gasteiger partial charge < -0.3 is 14.8 Å². The fourth-order valence-electron chi connectivity index (χ4n) is 2.08. The molecule has 126 valence electrons. The molecule has 0 aliphatic carbocycles. The summed E-state index contributed by atoms with van der Waals surface area (Å²) in [4.78, 5) is 22.9. The second-order valence-electron chi connectivity index (χ2n) is 5.05. The van der Waals surface area contributed by atoms with Gasteiger partial charge in [-0.25, -0.2) is 0 Å². The van der Waals surface area contributed by atoms with Crippen LogP contribution in [0.1, 0.15) is 22.8 Å². The molecule has 0 bridgehead atoms. The third kappa shape index (κ3) is 4.73. The minimum Gasteiger partial charge on any atom is -0.490 e. The van der Waals surface area contributed by atoms with Crippen LogP contribution in [0.3, 0.4) is 0 Å². The number of ether oxygens (including phenoxy) is 2. The van der Waals surface area contributed by atoms with Crippen LogP contribution in [0, 0.1) is 6.92 Å². The van der Waals surface area contributed by atoms with Gasteiger partial charge in [-0.15, -0.1) is 0 Å². The molecule has 2 rings (SSSR count). The van der Waals surface area contributed by atoms with Crippen molar-refractivity contribution in [3.63, 3.8) is 0 Å². The fraction of sp³-hybridized carbons (Fsp3) is 0.222. The van der Waals surface area contributed by atoms with E-state index in [4.69, 9.17) is 21.1 Å². The molecule has 24 heavy (non-hydrogen) atoms. The van der Waals surface area contributed by atoms with Gasteiger partial charge in [0.2, 0.25) is 0 Å². The van der Waals surface area contributed by atoms with Gasteiger partial charge in [-0.1, -0.05) is 11.6 Å². The number of rotatable bonds is 7. The Labute approximate surface area is 145 Å². The Morgan fingerprint density at radius 3 is 2.62 bits per heavy atom. The van der Waals surface area contributed by atoms with Gasteiger partial charge in [0.1, 0.15) is 6.29 Å². The maximum atomic E-state index is 12.0. The summed E-state index contributed by atoms with van der Waals surface area (Å²) >= 11 is 5.89. The second kappa shape index (κ2) is 8.36. The van der Waals surface area contributed by atoms with Crippen molar-refractivity contribution < 1.29 is 19.1 Å². The lowest BCUT2D eigenvalue weighted by Gasteiger charge is -2.13. The average Bonchev–Trinajstić information content (AvgIpc) is 2.56. The molecule has 0 fully saturated rings. The second-order valence-corrected chi connectivity index (χ2v) is 5.49. The van der Waals surface area contributed by atoms with E-state index in [1.807, 2.05) is 13.8 Å². The van der Waals surface area contributed by atoms with Crippen LogP contribution < -0.4 is 14.8 Å². The van der Waals surface area contributed by atoms with E-state index >= 15 is 0 Å². The number of aryl methyl sites for hydroxylation is 1. The summed E-state index contributed by atoms with van der Waals surface area (Å²) in [7, 11) is 0. The number of carbonyl (C=O) groups is 2. The summed E-state index contributed by atoms with van der Waals surface area (Å²) in [6, 6.07) is 9.99. The molecule has 0 spiro atoms. The Bertz CT molecular complexity index is 746. The molecule has 0 radical (unpaired) electrons. The number of hydrogen-bond acceptors (Lipinski definition) is 4. The van der Waals surface area contributed by atoms with Gasteiger partial charge in [-0.2, -0.15) is 0 Å². The van der Waals surface area contributed by atoms with E-state index < -0.39 is 0 Å². The molecule has 0 unspecified atom stereocenters. The highest BCUT2D eigenvalue weighted by Gasteiger charge is 2.10. The van der Waals surface area contributed by atoms with Crippen LogP contribution in [0.5, 0.6) is 11.5 Å². The first kappa shape index (κ1) is 17.8. The summed E-state index contributed by atoms with van der Waals surface area (Å²) in [5, 5.41) is 3.37. The van der Waals surface area contributed by atoms with Gasteiger partial charge in [0.25, 0.3) is 5.91 Å². The molecule has 0 saturated carbocycles. The minimum atomic E-state index is -0.303. The van der Waals surface area contributed by atoms with Gasteiger partial charge >= 0.3 is 0 Å². The van der Waals surface area contributed by atoms with Gasteiger partial charge in [0.15, 0.2) is 18.1 Å². The van der Waals surface area contributed by atoms with Crippen LogP contribution in [0.2, 0.25) is 5.02 Å². The Morgan fingerprint density at radius 1 is 1.17 bits per heavy atom. The number of halogens is 1. The van der Waals surface area contributed by atoms with Crippen LogP contribution in [0.4, 0.5) is 5.69 Å². The molecule has 2 aromatic carbocycles. The summed E-state index contributed by atoms with van der Waals surface area (Å²) in [6.45, 7) is 3.93. The van der Waals surface area contributed by atoms with E-state index in [0.717, 1.165) is 11.8 Å².